The molecule has 1 aliphatic rings. The summed E-state index contributed by atoms with van der Waals surface area (Å²) in [6, 6.07) is 5.10. The summed E-state index contributed by atoms with van der Waals surface area (Å²) in [4.78, 5) is 25.1. The molecule has 1 amide bonds. The molecule has 0 aliphatic carbocycles. The van der Waals surface area contributed by atoms with Crippen LogP contribution in [0.15, 0.2) is 18.2 Å². The summed E-state index contributed by atoms with van der Waals surface area (Å²) in [5, 5.41) is 3.53. The van der Waals surface area contributed by atoms with Gasteiger partial charge in [0.2, 0.25) is 5.91 Å². The monoisotopic (exact) mass is 312 g/mol. The minimum absolute atomic E-state index is 0.124. The van der Waals surface area contributed by atoms with E-state index in [1.807, 2.05) is 6.92 Å². The predicted octanol–water partition coefficient (Wildman–Crippen LogP) is 1.68. The highest BCUT2D eigenvalue weighted by atomic mass is 35.5. The topological polar surface area (TPSA) is 67.9 Å². The number of ether oxygens (including phenoxy) is 2. The first-order valence-electron chi connectivity index (χ1n) is 6.69. The lowest BCUT2D eigenvalue weighted by molar-refractivity contribution is -0.144. The van der Waals surface area contributed by atoms with Crippen LogP contribution in [0.25, 0.3) is 0 Å². The van der Waals surface area contributed by atoms with Gasteiger partial charge in [-0.15, -0.1) is 0 Å². The molecule has 0 atom stereocenters. The molecule has 6 nitrogen and oxygen atoms in total. The molecular formula is C14H17ClN2O4. The van der Waals surface area contributed by atoms with Gasteiger partial charge in [-0.05, 0) is 25.1 Å². The van der Waals surface area contributed by atoms with Crippen LogP contribution in [0, 0.1) is 0 Å². The minimum Gasteiger partial charge on any atom is -0.462 e. The van der Waals surface area contributed by atoms with E-state index in [1.165, 1.54) is 4.90 Å². The summed E-state index contributed by atoms with van der Waals surface area (Å²) in [6.07, 6.45) is 0. The lowest BCUT2D eigenvalue weighted by Gasteiger charge is -2.29. The van der Waals surface area contributed by atoms with E-state index in [0.717, 1.165) is 5.69 Å². The second kappa shape index (κ2) is 7.28. The zero-order valence-corrected chi connectivity index (χ0v) is 12.5. The Balaban J connectivity index is 1.99. The second-order valence-corrected chi connectivity index (χ2v) is 4.85. The van der Waals surface area contributed by atoms with Crippen LogP contribution in [0.1, 0.15) is 6.92 Å². The molecule has 1 aliphatic heterocycles. The number of anilines is 2. The highest BCUT2D eigenvalue weighted by Crippen LogP contribution is 2.31. The van der Waals surface area contributed by atoms with E-state index in [2.05, 4.69) is 5.32 Å². The number of fused-ring (bicyclic) bond motifs is 1. The zero-order chi connectivity index (χ0) is 15.2. The summed E-state index contributed by atoms with van der Waals surface area (Å²) in [5.74, 6) is -0.655. The fourth-order valence-corrected chi connectivity index (χ4v) is 2.16. The Morgan fingerprint density at radius 1 is 1.43 bits per heavy atom. The van der Waals surface area contributed by atoms with Crippen LogP contribution < -0.4 is 10.2 Å². The highest BCUT2D eigenvalue weighted by molar-refractivity contribution is 6.31. The molecule has 1 aromatic rings. The number of hydrogen-bond donors (Lipinski definition) is 1. The molecule has 7 heteroatoms. The van der Waals surface area contributed by atoms with Gasteiger partial charge in [0.1, 0.15) is 13.2 Å². The second-order valence-electron chi connectivity index (χ2n) is 4.41. The first-order chi connectivity index (χ1) is 10.1. The average Bonchev–Trinajstić information content (AvgIpc) is 2.46. The molecule has 0 spiro atoms. The Bertz CT molecular complexity index is 536. The van der Waals surface area contributed by atoms with Crippen LogP contribution in [0.3, 0.4) is 0 Å². The molecule has 0 fully saturated rings. The Kier molecular flexibility index (Phi) is 5.41. The van der Waals surface area contributed by atoms with Gasteiger partial charge in [-0.2, -0.15) is 0 Å². The highest BCUT2D eigenvalue weighted by Gasteiger charge is 2.26. The molecule has 0 bridgehead atoms. The van der Waals surface area contributed by atoms with Crippen molar-refractivity contribution in [2.75, 3.05) is 43.1 Å². The van der Waals surface area contributed by atoms with Crippen LogP contribution in [-0.4, -0.2) is 44.8 Å². The fourth-order valence-electron chi connectivity index (χ4n) is 1.99. The molecule has 0 unspecified atom stereocenters. The molecule has 1 N–H and O–H groups in total. The smallest absolute Gasteiger partial charge is 0.326 e. The summed E-state index contributed by atoms with van der Waals surface area (Å²) < 4.78 is 10.1. The van der Waals surface area contributed by atoms with Crippen LogP contribution in [-0.2, 0) is 19.1 Å². The van der Waals surface area contributed by atoms with Gasteiger partial charge >= 0.3 is 5.97 Å². The van der Waals surface area contributed by atoms with Gasteiger partial charge in [0.25, 0.3) is 0 Å². The first kappa shape index (κ1) is 15.6. The van der Waals surface area contributed by atoms with Crippen LogP contribution in [0.5, 0.6) is 0 Å². The van der Waals surface area contributed by atoms with Gasteiger partial charge in [0, 0.05) is 11.6 Å². The number of rotatable bonds is 6. The SMILES string of the molecule is CCOCCOC(=O)CN1C(=O)CNc2cc(Cl)ccc21. The molecule has 0 radical (unpaired) electrons. The third kappa shape index (κ3) is 4.09. The number of hydrogen-bond acceptors (Lipinski definition) is 5. The van der Waals surface area contributed by atoms with Crippen molar-refractivity contribution in [1.82, 2.24) is 0 Å². The quantitative estimate of drug-likeness (QED) is 0.639. The predicted molar refractivity (Wildman–Crippen MR) is 79.7 cm³/mol. The van der Waals surface area contributed by atoms with Crippen molar-refractivity contribution in [2.45, 2.75) is 6.92 Å². The van der Waals surface area contributed by atoms with Crippen molar-refractivity contribution in [3.63, 3.8) is 0 Å². The number of amides is 1. The zero-order valence-electron chi connectivity index (χ0n) is 11.7. The van der Waals surface area contributed by atoms with Crippen molar-refractivity contribution < 1.29 is 19.1 Å². The number of nitrogens with one attached hydrogen (secondary N) is 1. The van der Waals surface area contributed by atoms with E-state index in [4.69, 9.17) is 21.1 Å². The maximum atomic E-state index is 12.0. The minimum atomic E-state index is -0.467. The summed E-state index contributed by atoms with van der Waals surface area (Å²) in [6.45, 7) is 2.97. The van der Waals surface area contributed by atoms with Gasteiger partial charge in [-0.3, -0.25) is 14.5 Å². The van der Waals surface area contributed by atoms with Crippen molar-refractivity contribution in [2.24, 2.45) is 0 Å². The number of esters is 1. The molecule has 0 saturated carbocycles. The standard InChI is InChI=1S/C14H17ClN2O4/c1-2-20-5-6-21-14(19)9-17-12-4-3-10(15)7-11(12)16-8-13(17)18/h3-4,7,16H,2,5-6,8-9H2,1H3. The van der Waals surface area contributed by atoms with E-state index >= 15 is 0 Å². The van der Waals surface area contributed by atoms with Gasteiger partial charge in [0.05, 0.1) is 24.5 Å². The van der Waals surface area contributed by atoms with E-state index < -0.39 is 5.97 Å². The Labute approximate surface area is 128 Å². The van der Waals surface area contributed by atoms with Crippen molar-refractivity contribution in [3.05, 3.63) is 23.2 Å². The van der Waals surface area contributed by atoms with Gasteiger partial charge in [-0.25, -0.2) is 0 Å². The largest absolute Gasteiger partial charge is 0.462 e. The normalized spacial score (nSPS) is 13.6. The van der Waals surface area contributed by atoms with Crippen LogP contribution >= 0.6 is 11.6 Å². The molecule has 114 valence electrons. The first-order valence-corrected chi connectivity index (χ1v) is 7.06. The molecule has 0 saturated heterocycles. The summed E-state index contributed by atoms with van der Waals surface area (Å²) in [5.41, 5.74) is 1.35. The average molecular weight is 313 g/mol. The van der Waals surface area contributed by atoms with Crippen molar-refractivity contribution in [3.8, 4) is 0 Å². The Hall–Kier alpha value is -1.79. The number of nitrogens with zero attached hydrogens (tertiary/aromatic N) is 1. The molecule has 1 heterocycles. The van der Waals surface area contributed by atoms with Gasteiger partial charge in [0.15, 0.2) is 0 Å². The molecule has 2 rings (SSSR count). The molecule has 1 aromatic carbocycles. The number of halogens is 1. The Morgan fingerprint density at radius 2 is 2.24 bits per heavy atom. The van der Waals surface area contributed by atoms with Gasteiger partial charge in [-0.1, -0.05) is 11.6 Å². The van der Waals surface area contributed by atoms with E-state index in [9.17, 15) is 9.59 Å². The van der Waals surface area contributed by atoms with E-state index in [-0.39, 0.29) is 25.6 Å². The van der Waals surface area contributed by atoms with Crippen LogP contribution in [0.4, 0.5) is 11.4 Å². The Morgan fingerprint density at radius 3 is 3.00 bits per heavy atom. The van der Waals surface area contributed by atoms with Crippen molar-refractivity contribution >= 4 is 34.9 Å². The third-order valence-electron chi connectivity index (χ3n) is 2.96. The van der Waals surface area contributed by atoms with E-state index in [0.29, 0.717) is 23.9 Å². The maximum Gasteiger partial charge on any atom is 0.326 e. The maximum absolute atomic E-state index is 12.0. The summed E-state index contributed by atoms with van der Waals surface area (Å²) >= 11 is 5.92. The summed E-state index contributed by atoms with van der Waals surface area (Å²) in [7, 11) is 0. The lowest BCUT2D eigenvalue weighted by atomic mass is 10.2. The number of benzene rings is 1. The fraction of sp³-hybridized carbons (Fsp3) is 0.429. The molecule has 21 heavy (non-hydrogen) atoms. The van der Waals surface area contributed by atoms with E-state index in [1.54, 1.807) is 18.2 Å². The molecule has 0 aromatic heterocycles. The third-order valence-corrected chi connectivity index (χ3v) is 3.20. The van der Waals surface area contributed by atoms with Gasteiger partial charge < -0.3 is 14.8 Å². The van der Waals surface area contributed by atoms with Crippen molar-refractivity contribution in [1.29, 1.82) is 0 Å². The number of carbonyl (C=O) groups is 2. The lowest BCUT2D eigenvalue weighted by Crippen LogP contribution is -2.43. The molecular weight excluding hydrogens is 296 g/mol. The number of carbonyl (C=O) groups excluding carboxylic acids is 2. The van der Waals surface area contributed by atoms with Crippen LogP contribution in [0.2, 0.25) is 5.02 Å².